The maximum Gasteiger partial charge on any atom is 0.229 e. The third kappa shape index (κ3) is 5.37. The van der Waals surface area contributed by atoms with Gasteiger partial charge in [0, 0.05) is 23.8 Å². The monoisotopic (exact) mass is 594 g/mol. The number of fused-ring (bicyclic) bond motifs is 1. The van der Waals surface area contributed by atoms with Crippen LogP contribution in [0.4, 0.5) is 0 Å². The quantitative estimate of drug-likeness (QED) is 0.148. The molecule has 0 bridgehead atoms. The number of rotatable bonds is 8. The molecule has 228 valence electrons. The zero-order chi connectivity index (χ0) is 30.3. The van der Waals surface area contributed by atoms with E-state index in [1.807, 2.05) is 0 Å². The van der Waals surface area contributed by atoms with Gasteiger partial charge in [-0.3, -0.25) is 4.79 Å². The molecule has 3 aromatic rings. The van der Waals surface area contributed by atoms with Crippen molar-refractivity contribution in [3.8, 4) is 34.3 Å². The van der Waals surface area contributed by atoms with Crippen molar-refractivity contribution in [2.24, 2.45) is 0 Å². The molecule has 3 heterocycles. The van der Waals surface area contributed by atoms with E-state index in [4.69, 9.17) is 28.1 Å². The Morgan fingerprint density at radius 2 is 1.76 bits per heavy atom. The van der Waals surface area contributed by atoms with Gasteiger partial charge in [-0.25, -0.2) is 0 Å². The largest absolute Gasteiger partial charge is 0.507 e. The molecule has 8 N–H and O–H groups in total. The number of phenolic OH excluding ortho intramolecular Hbond substituents is 2. The van der Waals surface area contributed by atoms with E-state index in [2.05, 4.69) is 0 Å². The number of hydrogen-bond donors (Lipinski definition) is 8. The van der Waals surface area contributed by atoms with Crippen LogP contribution < -0.4 is 14.9 Å². The fraction of sp³-hybridized carbons (Fsp3) is 0.444. The maximum absolute atomic E-state index is 12.9. The van der Waals surface area contributed by atoms with E-state index >= 15 is 0 Å². The fourth-order valence-electron chi connectivity index (χ4n) is 4.78. The van der Waals surface area contributed by atoms with Gasteiger partial charge in [0.25, 0.3) is 0 Å². The molecule has 0 aliphatic carbocycles. The van der Waals surface area contributed by atoms with Gasteiger partial charge in [-0.1, -0.05) is 0 Å². The molecule has 8 atom stereocenters. The summed E-state index contributed by atoms with van der Waals surface area (Å²) in [6, 6.07) is 7.73. The van der Waals surface area contributed by atoms with Crippen LogP contribution in [-0.4, -0.2) is 116 Å². The Morgan fingerprint density at radius 3 is 2.43 bits per heavy atom. The molecule has 1 aromatic heterocycles. The van der Waals surface area contributed by atoms with Gasteiger partial charge in [0.15, 0.2) is 29.3 Å². The van der Waals surface area contributed by atoms with Gasteiger partial charge in [0.1, 0.15) is 58.2 Å². The van der Waals surface area contributed by atoms with E-state index in [-0.39, 0.29) is 34.0 Å². The van der Waals surface area contributed by atoms with Crippen LogP contribution in [0.5, 0.6) is 23.0 Å². The predicted molar refractivity (Wildman–Crippen MR) is 139 cm³/mol. The Labute approximate surface area is 236 Å². The lowest BCUT2D eigenvalue weighted by Crippen LogP contribution is -2.62. The minimum absolute atomic E-state index is 0.0695. The molecule has 15 nitrogen and oxygen atoms in total. The zero-order valence-corrected chi connectivity index (χ0v) is 22.1. The molecule has 2 aromatic carbocycles. The molecule has 0 spiro atoms. The number of ether oxygens (including phenoxy) is 5. The number of methoxy groups -OCH3 is 1. The third-order valence-corrected chi connectivity index (χ3v) is 7.20. The van der Waals surface area contributed by atoms with E-state index in [0.717, 1.165) is 12.1 Å². The summed E-state index contributed by atoms with van der Waals surface area (Å²) in [6.07, 6.45) is -11.3. The minimum Gasteiger partial charge on any atom is -0.507 e. The second kappa shape index (κ2) is 11.6. The predicted octanol–water partition coefficient (Wildman–Crippen LogP) is -1.48. The second-order valence-electron chi connectivity index (χ2n) is 9.99. The van der Waals surface area contributed by atoms with Crippen LogP contribution in [0.2, 0.25) is 0 Å². The van der Waals surface area contributed by atoms with Gasteiger partial charge in [-0.15, -0.1) is 0 Å². The number of benzene rings is 2. The van der Waals surface area contributed by atoms with Crippen molar-refractivity contribution in [3.05, 3.63) is 46.6 Å². The number of aromatic hydroxyl groups is 2. The van der Waals surface area contributed by atoms with Crippen LogP contribution in [0, 0.1) is 0 Å². The fourth-order valence-corrected chi connectivity index (χ4v) is 4.78. The Balaban J connectivity index is 1.48. The van der Waals surface area contributed by atoms with Gasteiger partial charge >= 0.3 is 0 Å². The summed E-state index contributed by atoms with van der Waals surface area (Å²) in [5.74, 6) is -0.612. The normalized spacial score (nSPS) is 31.4. The molecule has 5 rings (SSSR count). The van der Waals surface area contributed by atoms with Crippen LogP contribution in [0.25, 0.3) is 22.3 Å². The van der Waals surface area contributed by atoms with Crippen molar-refractivity contribution in [1.82, 2.24) is 0 Å². The second-order valence-corrected chi connectivity index (χ2v) is 9.99. The first kappa shape index (κ1) is 30.0. The highest BCUT2D eigenvalue weighted by atomic mass is 16.8. The van der Waals surface area contributed by atoms with E-state index in [1.165, 1.54) is 31.4 Å². The van der Waals surface area contributed by atoms with Crippen molar-refractivity contribution >= 4 is 11.0 Å². The highest BCUT2D eigenvalue weighted by molar-refractivity contribution is 5.86. The van der Waals surface area contributed by atoms with Crippen molar-refractivity contribution in [3.63, 3.8) is 0 Å². The Kier molecular flexibility index (Phi) is 8.30. The number of aliphatic hydroxyl groups is 6. The minimum atomic E-state index is -2.05. The highest BCUT2D eigenvalue weighted by Gasteiger charge is 2.53. The molecule has 2 aliphatic heterocycles. The maximum atomic E-state index is 12.9. The molecular weight excluding hydrogens is 564 g/mol. The molecule has 0 radical (unpaired) electrons. The standard InChI is InChI=1S/C27H30O15/c1-37-17-4-11(2-3-13(17)30)16-7-15(32)20-14(31)5-12(6-18(20)40-16)39-25-23(22(34)21(33)19(8-28)41-25)42-26-24(35)27(36,9-29)10-38-26/h2-7,19,21-26,28-31,33-36H,8-10H2,1H3/t19?,21?,22?,23?,24-,25?,26?,27?/m0/s1. The van der Waals surface area contributed by atoms with E-state index in [0.29, 0.717) is 5.56 Å². The SMILES string of the molecule is COc1cc(-c2cc(=O)c3c(O)cc(OC4OC(CO)C(O)C(O)C4OC4OCC(O)(CO)[C@H]4O)cc3o2)ccc1O. The first-order chi connectivity index (χ1) is 20.0. The van der Waals surface area contributed by atoms with Crippen LogP contribution in [0.3, 0.4) is 0 Å². The topological polar surface area (TPSA) is 238 Å². The first-order valence-corrected chi connectivity index (χ1v) is 12.8. The van der Waals surface area contributed by atoms with Crippen molar-refractivity contribution in [2.45, 2.75) is 48.7 Å². The van der Waals surface area contributed by atoms with E-state index in [9.17, 15) is 45.6 Å². The van der Waals surface area contributed by atoms with Crippen LogP contribution in [-0.2, 0) is 14.2 Å². The van der Waals surface area contributed by atoms with Gasteiger partial charge in [0.2, 0.25) is 6.29 Å². The molecule has 2 saturated heterocycles. The zero-order valence-electron chi connectivity index (χ0n) is 22.1. The summed E-state index contributed by atoms with van der Waals surface area (Å²) in [4.78, 5) is 12.9. The number of aliphatic hydroxyl groups excluding tert-OH is 5. The molecule has 42 heavy (non-hydrogen) atoms. The number of phenols is 2. The molecule has 0 amide bonds. The summed E-state index contributed by atoms with van der Waals surface area (Å²) in [5, 5.41) is 81.3. The summed E-state index contributed by atoms with van der Waals surface area (Å²) >= 11 is 0. The molecular formula is C27H30O15. The Hall–Kier alpha value is -3.51. The van der Waals surface area contributed by atoms with Gasteiger partial charge in [-0.05, 0) is 18.2 Å². The molecule has 0 saturated carbocycles. The lowest BCUT2D eigenvalue weighted by Gasteiger charge is -2.42. The first-order valence-electron chi connectivity index (χ1n) is 12.8. The summed E-state index contributed by atoms with van der Waals surface area (Å²) in [5.41, 5.74) is -2.39. The third-order valence-electron chi connectivity index (χ3n) is 7.20. The van der Waals surface area contributed by atoms with Crippen molar-refractivity contribution in [1.29, 1.82) is 0 Å². The lowest BCUT2D eigenvalue weighted by molar-refractivity contribution is -0.318. The summed E-state index contributed by atoms with van der Waals surface area (Å²) in [7, 11) is 1.35. The van der Waals surface area contributed by atoms with E-state index in [1.54, 1.807) is 0 Å². The molecule has 15 heteroatoms. The van der Waals surface area contributed by atoms with Crippen LogP contribution in [0.1, 0.15) is 0 Å². The van der Waals surface area contributed by atoms with Crippen molar-refractivity contribution < 1.29 is 69.0 Å². The highest BCUT2D eigenvalue weighted by Crippen LogP contribution is 2.36. The van der Waals surface area contributed by atoms with Crippen LogP contribution >= 0.6 is 0 Å². The Morgan fingerprint density at radius 1 is 1.00 bits per heavy atom. The average molecular weight is 595 g/mol. The van der Waals surface area contributed by atoms with Gasteiger partial charge in [0.05, 0.1) is 26.9 Å². The smallest absolute Gasteiger partial charge is 0.229 e. The summed E-state index contributed by atoms with van der Waals surface area (Å²) < 4.78 is 33.2. The van der Waals surface area contributed by atoms with Gasteiger partial charge < -0.3 is 69.0 Å². The Bertz CT molecular complexity index is 1490. The average Bonchev–Trinajstić information content (AvgIpc) is 3.25. The van der Waals surface area contributed by atoms with Gasteiger partial charge in [-0.2, -0.15) is 0 Å². The molecule has 2 fully saturated rings. The number of hydrogen-bond acceptors (Lipinski definition) is 15. The lowest BCUT2D eigenvalue weighted by atomic mass is 9.98. The molecule has 2 aliphatic rings. The van der Waals surface area contributed by atoms with E-state index < -0.39 is 79.7 Å². The summed E-state index contributed by atoms with van der Waals surface area (Å²) in [6.45, 7) is -2.08. The van der Waals surface area contributed by atoms with Crippen molar-refractivity contribution in [2.75, 3.05) is 26.9 Å². The molecule has 7 unspecified atom stereocenters. The van der Waals surface area contributed by atoms with Crippen LogP contribution in [0.15, 0.2) is 45.6 Å².